The second kappa shape index (κ2) is 7.24. The summed E-state index contributed by atoms with van der Waals surface area (Å²) in [6.45, 7) is 2.75. The summed E-state index contributed by atoms with van der Waals surface area (Å²) in [5.74, 6) is 1.19. The average molecular weight is 307 g/mol. The molecule has 1 atom stereocenters. The minimum Gasteiger partial charge on any atom is -0.507 e. The molecule has 0 aliphatic carbocycles. The number of anilines is 1. The lowest BCUT2D eigenvalue weighted by molar-refractivity contribution is 0.477. The third-order valence-electron chi connectivity index (χ3n) is 3.06. The normalized spacial score (nSPS) is 12.1. The van der Waals surface area contributed by atoms with E-state index in [0.29, 0.717) is 28.8 Å². The van der Waals surface area contributed by atoms with Crippen molar-refractivity contribution >= 4 is 17.4 Å². The molecule has 4 N–H and O–H groups in total. The Morgan fingerprint density at radius 2 is 2.19 bits per heavy atom. The number of phenols is 1. The van der Waals surface area contributed by atoms with Crippen LogP contribution in [0.2, 0.25) is 5.02 Å². The molecule has 5 nitrogen and oxygen atoms in total. The number of aromatic nitrogens is 2. The van der Waals surface area contributed by atoms with E-state index in [0.717, 1.165) is 12.8 Å². The summed E-state index contributed by atoms with van der Waals surface area (Å²) < 4.78 is 0. The molecule has 0 fully saturated rings. The monoisotopic (exact) mass is 306 g/mol. The van der Waals surface area contributed by atoms with Gasteiger partial charge in [0.2, 0.25) is 0 Å². The van der Waals surface area contributed by atoms with Gasteiger partial charge in [-0.25, -0.2) is 9.97 Å². The Hall–Kier alpha value is -1.85. The second-order valence-corrected chi connectivity index (χ2v) is 5.29. The van der Waals surface area contributed by atoms with Crippen LogP contribution in [0.1, 0.15) is 19.8 Å². The highest BCUT2D eigenvalue weighted by atomic mass is 35.5. The van der Waals surface area contributed by atoms with E-state index >= 15 is 0 Å². The molecule has 0 aliphatic rings. The lowest BCUT2D eigenvalue weighted by Crippen LogP contribution is -2.29. The van der Waals surface area contributed by atoms with Crippen LogP contribution in [-0.2, 0) is 0 Å². The van der Waals surface area contributed by atoms with Crippen LogP contribution >= 0.6 is 11.6 Å². The molecule has 2 rings (SSSR count). The molecule has 0 bridgehead atoms. The second-order valence-electron chi connectivity index (χ2n) is 4.86. The van der Waals surface area contributed by atoms with E-state index in [9.17, 15) is 5.11 Å². The van der Waals surface area contributed by atoms with Gasteiger partial charge < -0.3 is 16.2 Å². The third kappa shape index (κ3) is 4.31. The molecule has 0 spiro atoms. The molecule has 0 saturated carbocycles. The van der Waals surface area contributed by atoms with Crippen molar-refractivity contribution in [2.45, 2.75) is 25.8 Å². The molecule has 112 valence electrons. The van der Waals surface area contributed by atoms with Gasteiger partial charge in [0.25, 0.3) is 0 Å². The lowest BCUT2D eigenvalue weighted by atomic mass is 10.2. The maximum absolute atomic E-state index is 9.89. The van der Waals surface area contributed by atoms with Crippen molar-refractivity contribution in [2.75, 3.05) is 11.9 Å². The quantitative estimate of drug-likeness (QED) is 0.764. The number of benzene rings is 1. The van der Waals surface area contributed by atoms with Crippen LogP contribution in [-0.4, -0.2) is 27.7 Å². The first-order valence-electron chi connectivity index (χ1n) is 6.91. The van der Waals surface area contributed by atoms with Crippen molar-refractivity contribution in [1.29, 1.82) is 0 Å². The molecule has 2 aromatic rings. The Balaban J connectivity index is 2.16. The first-order chi connectivity index (χ1) is 10.1. The predicted molar refractivity (Wildman–Crippen MR) is 85.5 cm³/mol. The summed E-state index contributed by atoms with van der Waals surface area (Å²) >= 11 is 5.95. The summed E-state index contributed by atoms with van der Waals surface area (Å²) in [5, 5.41) is 13.6. The van der Waals surface area contributed by atoms with E-state index in [1.165, 1.54) is 6.07 Å². The van der Waals surface area contributed by atoms with Gasteiger partial charge in [-0.05, 0) is 30.7 Å². The van der Waals surface area contributed by atoms with Crippen LogP contribution in [0, 0.1) is 0 Å². The van der Waals surface area contributed by atoms with Crippen LogP contribution < -0.4 is 11.1 Å². The smallest absolute Gasteiger partial charge is 0.165 e. The van der Waals surface area contributed by atoms with Crippen molar-refractivity contribution in [3.8, 4) is 17.1 Å². The maximum Gasteiger partial charge on any atom is 0.165 e. The summed E-state index contributed by atoms with van der Waals surface area (Å²) in [6, 6.07) is 6.64. The van der Waals surface area contributed by atoms with E-state index in [-0.39, 0.29) is 11.8 Å². The van der Waals surface area contributed by atoms with Gasteiger partial charge in [0, 0.05) is 23.8 Å². The van der Waals surface area contributed by atoms with Crippen LogP contribution in [0.4, 0.5) is 5.82 Å². The van der Waals surface area contributed by atoms with Crippen LogP contribution in [0.5, 0.6) is 5.75 Å². The summed E-state index contributed by atoms with van der Waals surface area (Å²) in [5.41, 5.74) is 6.47. The van der Waals surface area contributed by atoms with Gasteiger partial charge in [0.05, 0.1) is 5.56 Å². The Morgan fingerprint density at radius 1 is 1.38 bits per heavy atom. The number of nitrogens with one attached hydrogen (secondary N) is 1. The van der Waals surface area contributed by atoms with E-state index in [1.54, 1.807) is 24.4 Å². The summed E-state index contributed by atoms with van der Waals surface area (Å²) in [6.07, 6.45) is 3.64. The minimum atomic E-state index is 0.0907. The number of nitrogens with two attached hydrogens (primary N) is 1. The molecular weight excluding hydrogens is 288 g/mol. The maximum atomic E-state index is 9.89. The highest BCUT2D eigenvalue weighted by Crippen LogP contribution is 2.29. The number of aromatic hydroxyl groups is 1. The molecule has 0 unspecified atom stereocenters. The Morgan fingerprint density at radius 3 is 2.95 bits per heavy atom. The lowest BCUT2D eigenvalue weighted by Gasteiger charge is -2.12. The van der Waals surface area contributed by atoms with Gasteiger partial charge in [0.1, 0.15) is 11.6 Å². The fraction of sp³-hybridized carbons (Fsp3) is 0.333. The first kappa shape index (κ1) is 15.5. The Bertz CT molecular complexity index is 606. The van der Waals surface area contributed by atoms with Gasteiger partial charge >= 0.3 is 0 Å². The zero-order chi connectivity index (χ0) is 15.2. The molecule has 0 amide bonds. The average Bonchev–Trinajstić information content (AvgIpc) is 2.48. The highest BCUT2D eigenvalue weighted by Gasteiger charge is 2.09. The van der Waals surface area contributed by atoms with Gasteiger partial charge in [-0.1, -0.05) is 24.9 Å². The fourth-order valence-corrected chi connectivity index (χ4v) is 2.15. The Kier molecular flexibility index (Phi) is 5.36. The van der Waals surface area contributed by atoms with Crippen molar-refractivity contribution < 1.29 is 5.11 Å². The zero-order valence-electron chi connectivity index (χ0n) is 11.9. The standard InChI is InChI=1S/C15H19ClN4O/c1-2-3-11(17)9-19-14-6-7-18-15(20-14)12-8-10(16)4-5-13(12)21/h4-8,11,21H,2-3,9,17H2,1H3,(H,18,19,20)/t11-/m0/s1. The predicted octanol–water partition coefficient (Wildman–Crippen LogP) is 3.04. The van der Waals surface area contributed by atoms with E-state index < -0.39 is 0 Å². The van der Waals surface area contributed by atoms with Gasteiger partial charge in [-0.3, -0.25) is 0 Å². The van der Waals surface area contributed by atoms with Crippen molar-refractivity contribution in [3.05, 3.63) is 35.5 Å². The topological polar surface area (TPSA) is 84.1 Å². The molecule has 0 radical (unpaired) electrons. The van der Waals surface area contributed by atoms with Crippen LogP contribution in [0.15, 0.2) is 30.5 Å². The summed E-state index contributed by atoms with van der Waals surface area (Å²) in [7, 11) is 0. The zero-order valence-corrected chi connectivity index (χ0v) is 12.6. The largest absolute Gasteiger partial charge is 0.507 e. The SMILES string of the molecule is CCC[C@H](N)CNc1ccnc(-c2cc(Cl)ccc2O)n1. The van der Waals surface area contributed by atoms with E-state index in [1.807, 2.05) is 0 Å². The van der Waals surface area contributed by atoms with Crippen molar-refractivity contribution in [2.24, 2.45) is 5.73 Å². The molecule has 0 aliphatic heterocycles. The number of hydrogen-bond acceptors (Lipinski definition) is 5. The van der Waals surface area contributed by atoms with E-state index in [4.69, 9.17) is 17.3 Å². The van der Waals surface area contributed by atoms with Crippen LogP contribution in [0.25, 0.3) is 11.4 Å². The summed E-state index contributed by atoms with van der Waals surface area (Å²) in [4.78, 5) is 8.55. The molecule has 6 heteroatoms. The molecule has 1 aromatic carbocycles. The number of rotatable bonds is 6. The van der Waals surface area contributed by atoms with Crippen LogP contribution in [0.3, 0.4) is 0 Å². The molecule has 1 aromatic heterocycles. The van der Waals surface area contributed by atoms with E-state index in [2.05, 4.69) is 22.2 Å². The van der Waals surface area contributed by atoms with Gasteiger partial charge in [-0.15, -0.1) is 0 Å². The molecule has 21 heavy (non-hydrogen) atoms. The van der Waals surface area contributed by atoms with Crippen molar-refractivity contribution in [1.82, 2.24) is 9.97 Å². The third-order valence-corrected chi connectivity index (χ3v) is 3.30. The number of phenolic OH excluding ortho intramolecular Hbond substituents is 1. The number of nitrogens with zero attached hydrogens (tertiary/aromatic N) is 2. The number of hydrogen-bond donors (Lipinski definition) is 3. The van der Waals surface area contributed by atoms with Crippen molar-refractivity contribution in [3.63, 3.8) is 0 Å². The molecule has 1 heterocycles. The number of halogens is 1. The molecule has 0 saturated heterocycles. The first-order valence-corrected chi connectivity index (χ1v) is 7.29. The van der Waals surface area contributed by atoms with Gasteiger partial charge in [0.15, 0.2) is 5.82 Å². The minimum absolute atomic E-state index is 0.0907. The Labute approximate surface area is 129 Å². The van der Waals surface area contributed by atoms with Gasteiger partial charge in [-0.2, -0.15) is 0 Å². The fourth-order valence-electron chi connectivity index (χ4n) is 1.98. The highest BCUT2D eigenvalue weighted by molar-refractivity contribution is 6.30. The molecular formula is C15H19ClN4O.